The number of ketones is 1. The van der Waals surface area contributed by atoms with Crippen LogP contribution >= 0.6 is 0 Å². The Morgan fingerprint density at radius 3 is 2.93 bits per heavy atom. The van der Waals surface area contributed by atoms with E-state index in [4.69, 9.17) is 0 Å². The maximum absolute atomic E-state index is 13.1. The molecule has 0 N–H and O–H groups in total. The van der Waals surface area contributed by atoms with Gasteiger partial charge in [-0.25, -0.2) is 4.39 Å². The number of pyridine rings is 1. The molecule has 1 aromatic rings. The van der Waals surface area contributed by atoms with Crippen molar-refractivity contribution in [1.82, 2.24) is 4.98 Å². The zero-order valence-corrected chi connectivity index (χ0v) is 8.09. The fraction of sp³-hybridized carbons (Fsp3) is 0.273. The number of nitrogens with zero attached hydrogens (tertiary/aromatic N) is 1. The third-order valence-electron chi connectivity index (χ3n) is 1.98. The fourth-order valence-electron chi connectivity index (χ4n) is 1.05. The number of carbonyl (C=O) groups excluding carboxylic acids is 1. The molecule has 74 valence electrons. The van der Waals surface area contributed by atoms with Crippen molar-refractivity contribution in [2.45, 2.75) is 19.8 Å². The quantitative estimate of drug-likeness (QED) is 0.543. The van der Waals surface area contributed by atoms with E-state index in [1.54, 1.807) is 0 Å². The minimum Gasteiger partial charge on any atom is -0.294 e. The Bertz CT molecular complexity index is 360. The lowest BCUT2D eigenvalue weighted by atomic mass is 10.0. The first-order valence-electron chi connectivity index (χ1n) is 4.44. The highest BCUT2D eigenvalue weighted by molar-refractivity contribution is 5.97. The van der Waals surface area contributed by atoms with Crippen LogP contribution in [0.1, 0.15) is 30.1 Å². The van der Waals surface area contributed by atoms with Crippen LogP contribution in [0.25, 0.3) is 0 Å². The molecule has 0 aliphatic heterocycles. The first-order chi connectivity index (χ1) is 6.65. The summed E-state index contributed by atoms with van der Waals surface area (Å²) in [6.07, 6.45) is 3.39. The molecule has 14 heavy (non-hydrogen) atoms. The number of rotatable bonds is 4. The van der Waals surface area contributed by atoms with Gasteiger partial charge in [0.05, 0.1) is 11.8 Å². The molecular formula is C11H12FNO. The highest BCUT2D eigenvalue weighted by atomic mass is 19.1. The summed E-state index contributed by atoms with van der Waals surface area (Å²) < 4.78 is 13.1. The van der Waals surface area contributed by atoms with Crippen molar-refractivity contribution in [1.29, 1.82) is 0 Å². The van der Waals surface area contributed by atoms with E-state index in [1.807, 2.05) is 6.92 Å². The molecule has 0 aromatic carbocycles. The van der Waals surface area contributed by atoms with Gasteiger partial charge in [0.15, 0.2) is 11.6 Å². The van der Waals surface area contributed by atoms with E-state index < -0.39 is 5.82 Å². The summed E-state index contributed by atoms with van der Waals surface area (Å²) in [5.74, 6) is -0.807. The lowest BCUT2D eigenvalue weighted by Crippen LogP contribution is -2.03. The van der Waals surface area contributed by atoms with Gasteiger partial charge >= 0.3 is 0 Å². The second-order valence-corrected chi connectivity index (χ2v) is 3.06. The summed E-state index contributed by atoms with van der Waals surface area (Å²) in [6, 6.07) is 1.39. The lowest BCUT2D eigenvalue weighted by molar-refractivity contribution is 0.0988. The van der Waals surface area contributed by atoms with Crippen molar-refractivity contribution in [3.63, 3.8) is 0 Å². The van der Waals surface area contributed by atoms with E-state index in [1.165, 1.54) is 12.3 Å². The van der Waals surface area contributed by atoms with Gasteiger partial charge in [-0.2, -0.15) is 0 Å². The minimum absolute atomic E-state index is 0.0922. The average Bonchev–Trinajstić information content (AvgIpc) is 2.18. The average molecular weight is 193 g/mol. The molecule has 0 aliphatic carbocycles. The topological polar surface area (TPSA) is 30.0 Å². The van der Waals surface area contributed by atoms with Crippen LogP contribution in [0.3, 0.4) is 0 Å². The van der Waals surface area contributed by atoms with Crippen molar-refractivity contribution >= 4 is 5.78 Å². The van der Waals surface area contributed by atoms with Crippen LogP contribution in [-0.2, 0) is 0 Å². The monoisotopic (exact) mass is 193 g/mol. The number of carbonyl (C=O) groups is 1. The van der Waals surface area contributed by atoms with Crippen molar-refractivity contribution in [3.05, 3.63) is 42.0 Å². The van der Waals surface area contributed by atoms with E-state index in [0.29, 0.717) is 0 Å². The van der Waals surface area contributed by atoms with Crippen LogP contribution in [0.2, 0.25) is 0 Å². The van der Waals surface area contributed by atoms with Gasteiger partial charge in [0.1, 0.15) is 0 Å². The van der Waals surface area contributed by atoms with Crippen LogP contribution in [0.5, 0.6) is 0 Å². The van der Waals surface area contributed by atoms with Gasteiger partial charge in [0, 0.05) is 12.6 Å². The predicted octanol–water partition coefficient (Wildman–Crippen LogP) is 2.76. The zero-order valence-electron chi connectivity index (χ0n) is 8.09. The molecule has 2 nitrogen and oxygen atoms in total. The fourth-order valence-corrected chi connectivity index (χ4v) is 1.05. The van der Waals surface area contributed by atoms with Gasteiger partial charge in [-0.1, -0.05) is 19.1 Å². The molecule has 0 atom stereocenters. The van der Waals surface area contributed by atoms with Crippen molar-refractivity contribution in [2.75, 3.05) is 0 Å². The molecule has 0 amide bonds. The molecule has 3 heteroatoms. The Morgan fingerprint density at radius 1 is 1.64 bits per heavy atom. The van der Waals surface area contributed by atoms with Gasteiger partial charge < -0.3 is 0 Å². The number of Topliss-reactive ketones (excluding diaryl/α,β-unsaturated/α-hetero) is 1. The van der Waals surface area contributed by atoms with Crippen LogP contribution in [-0.4, -0.2) is 10.8 Å². The van der Waals surface area contributed by atoms with Gasteiger partial charge in [-0.15, -0.1) is 0 Å². The molecular weight excluding hydrogens is 181 g/mol. The van der Waals surface area contributed by atoms with Crippen molar-refractivity contribution in [2.24, 2.45) is 0 Å². The number of aromatic nitrogens is 1. The molecule has 0 unspecified atom stereocenters. The van der Waals surface area contributed by atoms with E-state index in [9.17, 15) is 9.18 Å². The molecule has 0 bridgehead atoms. The summed E-state index contributed by atoms with van der Waals surface area (Å²) in [5, 5.41) is 0. The number of halogens is 1. The largest absolute Gasteiger partial charge is 0.294 e. The Kier molecular flexibility index (Phi) is 3.51. The van der Waals surface area contributed by atoms with E-state index >= 15 is 0 Å². The standard InChI is InChI=1S/C11H12FNO/c1-3-8(2)6-11(14)9-4-5-13-7-10(9)12/h4-5,7H,2-3,6H2,1H3. The highest BCUT2D eigenvalue weighted by Gasteiger charge is 2.11. The summed E-state index contributed by atoms with van der Waals surface area (Å²) in [5.41, 5.74) is 0.904. The molecule has 0 fully saturated rings. The third-order valence-corrected chi connectivity index (χ3v) is 1.98. The molecule has 1 rings (SSSR count). The van der Waals surface area contributed by atoms with Gasteiger partial charge in [0.2, 0.25) is 0 Å². The molecule has 0 spiro atoms. The van der Waals surface area contributed by atoms with Gasteiger partial charge in [-0.3, -0.25) is 9.78 Å². The number of hydrogen-bond donors (Lipinski definition) is 0. The molecule has 0 saturated heterocycles. The summed E-state index contributed by atoms with van der Waals surface area (Å²) in [6.45, 7) is 5.62. The van der Waals surface area contributed by atoms with Crippen molar-refractivity contribution in [3.8, 4) is 0 Å². The van der Waals surface area contributed by atoms with Crippen LogP contribution in [0, 0.1) is 5.82 Å². The van der Waals surface area contributed by atoms with Crippen LogP contribution in [0.4, 0.5) is 4.39 Å². The molecule has 0 radical (unpaired) electrons. The summed E-state index contributed by atoms with van der Waals surface area (Å²) in [4.78, 5) is 15.1. The minimum atomic E-state index is -0.568. The first kappa shape index (κ1) is 10.6. The second-order valence-electron chi connectivity index (χ2n) is 3.06. The third kappa shape index (κ3) is 2.49. The molecule has 1 heterocycles. The molecule has 1 aromatic heterocycles. The van der Waals surface area contributed by atoms with E-state index in [2.05, 4.69) is 11.6 Å². The maximum atomic E-state index is 13.1. The molecule has 0 aliphatic rings. The Morgan fingerprint density at radius 2 is 2.36 bits per heavy atom. The van der Waals surface area contributed by atoms with Gasteiger partial charge in [0.25, 0.3) is 0 Å². The normalized spacial score (nSPS) is 9.86. The summed E-state index contributed by atoms with van der Waals surface area (Å²) >= 11 is 0. The van der Waals surface area contributed by atoms with E-state index in [-0.39, 0.29) is 17.8 Å². The SMILES string of the molecule is C=C(CC)CC(=O)c1ccncc1F. The van der Waals surface area contributed by atoms with E-state index in [0.717, 1.165) is 18.2 Å². The second kappa shape index (κ2) is 4.65. The maximum Gasteiger partial charge on any atom is 0.169 e. The number of allylic oxidation sites excluding steroid dienone is 1. The number of hydrogen-bond acceptors (Lipinski definition) is 2. The lowest BCUT2D eigenvalue weighted by Gasteiger charge is -2.02. The Hall–Kier alpha value is -1.51. The Labute approximate surface area is 82.5 Å². The predicted molar refractivity (Wildman–Crippen MR) is 52.6 cm³/mol. The van der Waals surface area contributed by atoms with Crippen molar-refractivity contribution < 1.29 is 9.18 Å². The summed E-state index contributed by atoms with van der Waals surface area (Å²) in [7, 11) is 0. The van der Waals surface area contributed by atoms with Gasteiger partial charge in [-0.05, 0) is 12.5 Å². The smallest absolute Gasteiger partial charge is 0.169 e. The molecule has 0 saturated carbocycles. The Balaban J connectivity index is 2.80. The first-order valence-corrected chi connectivity index (χ1v) is 4.44. The zero-order chi connectivity index (χ0) is 10.6. The van der Waals surface area contributed by atoms with Crippen LogP contribution in [0.15, 0.2) is 30.6 Å². The van der Waals surface area contributed by atoms with Crippen LogP contribution < -0.4 is 0 Å². The highest BCUT2D eigenvalue weighted by Crippen LogP contribution is 2.12.